The number of methoxy groups -OCH3 is 1. The predicted octanol–water partition coefficient (Wildman–Crippen LogP) is 6.61. The normalized spacial score (nSPS) is 25.8. The molecule has 2 unspecified atom stereocenters. The van der Waals surface area contributed by atoms with Crippen molar-refractivity contribution in [3.05, 3.63) is 63.6 Å². The van der Waals surface area contributed by atoms with Crippen LogP contribution in [0.1, 0.15) is 73.7 Å². The van der Waals surface area contributed by atoms with Gasteiger partial charge in [0.2, 0.25) is 0 Å². The number of carbonyl (C=O) groups excluding carboxylic acids is 1. The molecule has 3 aliphatic heterocycles. The molecular formula is C32H43Cl2N3O2. The molecule has 5 rings (SSSR count). The molecule has 3 fully saturated rings. The van der Waals surface area contributed by atoms with E-state index in [1.165, 1.54) is 50.8 Å². The second-order valence-electron chi connectivity index (χ2n) is 11.7. The van der Waals surface area contributed by atoms with Gasteiger partial charge in [0.05, 0.1) is 28.8 Å². The van der Waals surface area contributed by atoms with Gasteiger partial charge < -0.3 is 19.9 Å². The van der Waals surface area contributed by atoms with Gasteiger partial charge in [-0.1, -0.05) is 47.8 Å². The van der Waals surface area contributed by atoms with Crippen LogP contribution in [-0.2, 0) is 5.41 Å². The van der Waals surface area contributed by atoms with Crippen molar-refractivity contribution in [2.24, 2.45) is 0 Å². The Hall–Kier alpha value is -1.63. The van der Waals surface area contributed by atoms with Gasteiger partial charge in [0.25, 0.3) is 0 Å². The summed E-state index contributed by atoms with van der Waals surface area (Å²) in [5.41, 5.74) is 1.67. The Balaban J connectivity index is 1.34. The summed E-state index contributed by atoms with van der Waals surface area (Å²) < 4.78 is 5.54. The highest BCUT2D eigenvalue weighted by atomic mass is 35.5. The number of likely N-dealkylation sites (tertiary alicyclic amines) is 2. The summed E-state index contributed by atoms with van der Waals surface area (Å²) in [6, 6.07) is 14.1. The molecule has 39 heavy (non-hydrogen) atoms. The molecule has 5 nitrogen and oxygen atoms in total. The highest BCUT2D eigenvalue weighted by Crippen LogP contribution is 2.42. The lowest BCUT2D eigenvalue weighted by atomic mass is 9.69. The number of ketones is 1. The molecule has 3 heterocycles. The Labute approximate surface area is 244 Å². The van der Waals surface area contributed by atoms with Crippen LogP contribution >= 0.6 is 23.2 Å². The summed E-state index contributed by atoms with van der Waals surface area (Å²) >= 11 is 12.9. The number of nitrogens with one attached hydrogen (secondary N) is 1. The number of Topliss-reactive ketones (excluding diaryl/α,β-unsaturated/α-hetero) is 1. The van der Waals surface area contributed by atoms with Gasteiger partial charge in [-0.15, -0.1) is 0 Å². The van der Waals surface area contributed by atoms with Gasteiger partial charge in [-0.25, -0.2) is 0 Å². The van der Waals surface area contributed by atoms with Gasteiger partial charge in [-0.2, -0.15) is 0 Å². The Morgan fingerprint density at radius 1 is 1.00 bits per heavy atom. The second kappa shape index (κ2) is 13.4. The molecule has 1 N–H and O–H groups in total. The van der Waals surface area contributed by atoms with Crippen molar-refractivity contribution < 1.29 is 9.53 Å². The van der Waals surface area contributed by atoms with Gasteiger partial charge in [-0.3, -0.25) is 4.79 Å². The third kappa shape index (κ3) is 6.82. The van der Waals surface area contributed by atoms with Crippen LogP contribution < -0.4 is 10.1 Å². The fourth-order valence-corrected chi connectivity index (χ4v) is 7.41. The predicted molar refractivity (Wildman–Crippen MR) is 161 cm³/mol. The molecule has 2 atom stereocenters. The maximum atomic E-state index is 13.9. The minimum atomic E-state index is -0.289. The summed E-state index contributed by atoms with van der Waals surface area (Å²) in [5, 5.41) is 4.74. The molecule has 2 aromatic rings. The van der Waals surface area contributed by atoms with Crippen LogP contribution in [0.15, 0.2) is 42.5 Å². The molecule has 0 aromatic heterocycles. The van der Waals surface area contributed by atoms with Crippen molar-refractivity contribution in [2.45, 2.75) is 75.3 Å². The monoisotopic (exact) mass is 571 g/mol. The van der Waals surface area contributed by atoms with Gasteiger partial charge in [0.1, 0.15) is 5.75 Å². The SMILES string of the molecule is COc1ccccc1C(=O)C1CC(CCN2CCC(N3CCCCC3)CC2)(c2ccc(Cl)c(Cl)c2)CCCN1. The van der Waals surface area contributed by atoms with E-state index in [-0.39, 0.29) is 17.2 Å². The number of rotatable bonds is 8. The largest absolute Gasteiger partial charge is 0.496 e. The summed E-state index contributed by atoms with van der Waals surface area (Å²) in [6.07, 6.45) is 10.4. The number of carbonyl (C=O) groups is 1. The molecule has 3 aliphatic rings. The summed E-state index contributed by atoms with van der Waals surface area (Å²) in [4.78, 5) is 19.2. The fraction of sp³-hybridized carbons (Fsp3) is 0.594. The van der Waals surface area contributed by atoms with Crippen molar-refractivity contribution in [1.29, 1.82) is 0 Å². The van der Waals surface area contributed by atoms with E-state index in [9.17, 15) is 4.79 Å². The number of benzene rings is 2. The Morgan fingerprint density at radius 3 is 2.51 bits per heavy atom. The molecule has 7 heteroatoms. The standard InChI is InChI=1S/C32H43Cl2N3O2/c1-39-30-9-4-3-8-26(30)31(38)29-23-32(14-7-16-35-29,24-10-11-27(33)28(34)22-24)15-21-36-19-12-25(13-20-36)37-17-5-2-6-18-37/h3-4,8-11,22,25,29,35H,2,5-7,12-21,23H2,1H3. The van der Waals surface area contributed by atoms with E-state index < -0.39 is 0 Å². The maximum Gasteiger partial charge on any atom is 0.183 e. The first-order chi connectivity index (χ1) is 19.0. The third-order valence-electron chi connectivity index (χ3n) is 9.41. The number of para-hydroxylation sites is 1. The van der Waals surface area contributed by atoms with Crippen molar-refractivity contribution in [3.8, 4) is 5.75 Å². The number of piperidine rings is 2. The van der Waals surface area contributed by atoms with Crippen molar-refractivity contribution in [1.82, 2.24) is 15.1 Å². The Kier molecular flexibility index (Phi) is 9.89. The fourth-order valence-electron chi connectivity index (χ4n) is 7.11. The Morgan fingerprint density at radius 2 is 1.77 bits per heavy atom. The first-order valence-electron chi connectivity index (χ1n) is 14.8. The summed E-state index contributed by atoms with van der Waals surface area (Å²) in [5.74, 6) is 0.728. The van der Waals surface area contributed by atoms with Crippen LogP contribution in [0.4, 0.5) is 0 Å². The zero-order valence-electron chi connectivity index (χ0n) is 23.3. The molecule has 0 bridgehead atoms. The minimum Gasteiger partial charge on any atom is -0.496 e. The second-order valence-corrected chi connectivity index (χ2v) is 12.5. The van der Waals surface area contributed by atoms with Crippen molar-refractivity contribution >= 4 is 29.0 Å². The molecule has 0 aliphatic carbocycles. The maximum absolute atomic E-state index is 13.9. The highest BCUT2D eigenvalue weighted by molar-refractivity contribution is 6.42. The van der Waals surface area contributed by atoms with E-state index in [2.05, 4.69) is 21.2 Å². The first kappa shape index (κ1) is 28.9. The van der Waals surface area contributed by atoms with Crippen LogP contribution in [0, 0.1) is 0 Å². The lowest BCUT2D eigenvalue weighted by molar-refractivity contribution is 0.0853. The van der Waals surface area contributed by atoms with Crippen molar-refractivity contribution in [3.63, 3.8) is 0 Å². The van der Waals surface area contributed by atoms with Crippen LogP contribution in [0.2, 0.25) is 10.0 Å². The van der Waals surface area contributed by atoms with Gasteiger partial charge in [0.15, 0.2) is 5.78 Å². The van der Waals surface area contributed by atoms with Crippen molar-refractivity contribution in [2.75, 3.05) is 46.4 Å². The van der Waals surface area contributed by atoms with E-state index >= 15 is 0 Å². The number of nitrogens with zero attached hydrogens (tertiary/aromatic N) is 2. The molecule has 3 saturated heterocycles. The zero-order valence-corrected chi connectivity index (χ0v) is 24.8. The average molecular weight is 573 g/mol. The molecule has 0 spiro atoms. The number of hydrogen-bond donors (Lipinski definition) is 1. The van der Waals surface area contributed by atoms with E-state index in [4.69, 9.17) is 27.9 Å². The summed E-state index contributed by atoms with van der Waals surface area (Å²) in [7, 11) is 1.63. The van der Waals surface area contributed by atoms with E-state index in [0.29, 0.717) is 21.4 Å². The first-order valence-corrected chi connectivity index (χ1v) is 15.6. The molecule has 0 saturated carbocycles. The molecular weight excluding hydrogens is 529 g/mol. The lowest BCUT2D eigenvalue weighted by Gasteiger charge is -2.42. The van der Waals surface area contributed by atoms with E-state index in [0.717, 1.165) is 57.9 Å². The molecule has 2 aromatic carbocycles. The van der Waals surface area contributed by atoms with Crippen LogP contribution in [-0.4, -0.2) is 74.0 Å². The van der Waals surface area contributed by atoms with Gasteiger partial charge in [-0.05, 0) is 126 Å². The van der Waals surface area contributed by atoms with E-state index in [1.54, 1.807) is 7.11 Å². The van der Waals surface area contributed by atoms with Crippen LogP contribution in [0.25, 0.3) is 0 Å². The van der Waals surface area contributed by atoms with E-state index in [1.807, 2.05) is 36.4 Å². The van der Waals surface area contributed by atoms with Gasteiger partial charge >= 0.3 is 0 Å². The average Bonchev–Trinajstić information content (AvgIpc) is 3.21. The smallest absolute Gasteiger partial charge is 0.183 e. The molecule has 212 valence electrons. The van der Waals surface area contributed by atoms with Gasteiger partial charge in [0, 0.05) is 6.04 Å². The van der Waals surface area contributed by atoms with Crippen LogP contribution in [0.3, 0.4) is 0 Å². The zero-order chi connectivity index (χ0) is 27.2. The summed E-state index contributed by atoms with van der Waals surface area (Å²) in [6.45, 7) is 6.71. The lowest BCUT2D eigenvalue weighted by Crippen LogP contribution is -2.48. The quantitative estimate of drug-likeness (QED) is 0.361. The number of hydrogen-bond acceptors (Lipinski definition) is 5. The number of halogens is 2. The number of ether oxygens (including phenoxy) is 1. The highest BCUT2D eigenvalue weighted by Gasteiger charge is 2.40. The molecule has 0 amide bonds. The third-order valence-corrected chi connectivity index (χ3v) is 10.1. The minimum absolute atomic E-state index is 0.0983. The topological polar surface area (TPSA) is 44.8 Å². The molecule has 0 radical (unpaired) electrons. The van der Waals surface area contributed by atoms with Crippen LogP contribution in [0.5, 0.6) is 5.75 Å². The Bertz CT molecular complexity index is 1110.